The summed E-state index contributed by atoms with van der Waals surface area (Å²) >= 11 is 0. The molecular weight excluding hydrogens is 384 g/mol. The number of Topliss-reactive ketones (excluding diaryl/α,β-unsaturated/α-hetero) is 1. The van der Waals surface area contributed by atoms with E-state index in [-0.39, 0.29) is 5.41 Å². The Balaban J connectivity index is 1.54. The molecule has 0 aliphatic heterocycles. The van der Waals surface area contributed by atoms with Gasteiger partial charge in [0.1, 0.15) is 0 Å². The van der Waals surface area contributed by atoms with E-state index in [4.69, 9.17) is 4.43 Å². The molecule has 4 saturated carbocycles. The van der Waals surface area contributed by atoms with Gasteiger partial charge in [-0.05, 0) is 109 Å². The Morgan fingerprint density at radius 1 is 1.07 bits per heavy atom. The van der Waals surface area contributed by atoms with E-state index in [9.17, 15) is 4.79 Å². The van der Waals surface area contributed by atoms with Gasteiger partial charge in [0, 0.05) is 6.42 Å². The van der Waals surface area contributed by atoms with E-state index in [1.165, 1.54) is 44.9 Å². The Labute approximate surface area is 187 Å². The third kappa shape index (κ3) is 3.70. The predicted molar refractivity (Wildman–Crippen MR) is 128 cm³/mol. The summed E-state index contributed by atoms with van der Waals surface area (Å²) in [5.41, 5.74) is 2.19. The van der Waals surface area contributed by atoms with E-state index >= 15 is 0 Å². The van der Waals surface area contributed by atoms with E-state index < -0.39 is 9.04 Å². The topological polar surface area (TPSA) is 26.3 Å². The van der Waals surface area contributed by atoms with Crippen molar-refractivity contribution >= 4 is 14.8 Å². The first kappa shape index (κ1) is 22.8. The number of ketones is 1. The summed E-state index contributed by atoms with van der Waals surface area (Å²) in [4.78, 5) is 13.1. The molecule has 0 N–H and O–H groups in total. The first-order valence-corrected chi connectivity index (χ1v) is 15.6. The Kier molecular flexibility index (Phi) is 5.97. The molecule has 4 aliphatic rings. The summed E-state index contributed by atoms with van der Waals surface area (Å²) in [5, 5.41) is 0. The minimum atomic E-state index is -1.04. The van der Waals surface area contributed by atoms with Gasteiger partial charge in [0.2, 0.25) is 0 Å². The van der Waals surface area contributed by atoms with Gasteiger partial charge >= 0.3 is 0 Å². The van der Waals surface area contributed by atoms with Crippen LogP contribution in [0.1, 0.15) is 86.0 Å². The molecule has 0 aromatic carbocycles. The van der Waals surface area contributed by atoms with Gasteiger partial charge in [-0.3, -0.25) is 4.79 Å². The van der Waals surface area contributed by atoms with Crippen LogP contribution in [0.25, 0.3) is 0 Å². The molecule has 170 valence electrons. The second-order valence-corrected chi connectivity index (χ2v) is 15.5. The van der Waals surface area contributed by atoms with Crippen molar-refractivity contribution in [3.05, 3.63) is 11.6 Å². The van der Waals surface area contributed by atoms with Gasteiger partial charge in [0.25, 0.3) is 0 Å². The molecule has 2 nitrogen and oxygen atoms in total. The summed E-state index contributed by atoms with van der Waals surface area (Å²) < 4.78 is 5.92. The molecule has 3 heteroatoms. The average Bonchev–Trinajstić information content (AvgIpc) is 2.90. The van der Waals surface area contributed by atoms with Crippen LogP contribution < -0.4 is 0 Å². The fourth-order valence-electron chi connectivity index (χ4n) is 8.37. The normalized spacial score (nSPS) is 45.4. The van der Waals surface area contributed by atoms with E-state index in [1.54, 1.807) is 0 Å². The smallest absolute Gasteiger partial charge is 0.171 e. The van der Waals surface area contributed by atoms with Crippen molar-refractivity contribution < 1.29 is 9.22 Å². The molecule has 0 radical (unpaired) electrons. The highest BCUT2D eigenvalue weighted by molar-refractivity contribution is 6.48. The van der Waals surface area contributed by atoms with E-state index in [1.807, 2.05) is 0 Å². The summed E-state index contributed by atoms with van der Waals surface area (Å²) in [7, 11) is -1.04. The molecule has 0 amide bonds. The first-order chi connectivity index (χ1) is 14.0. The standard InChI is InChI=1S/C27H46O2Si/c1-25(2,3)18-10-13-26(4)19(16-18)8-9-20-21(26)11-14-27(5)22(12-15-29-30(6)7)24(28)17-23(20)27/h12,18-21,23,30H,8-11,13-17H2,1-7H3/t18?,19?,20-,21+,23+,26+,27-/m1/s1. The lowest BCUT2D eigenvalue weighted by molar-refractivity contribution is -0.119. The zero-order chi connectivity index (χ0) is 21.9. The van der Waals surface area contributed by atoms with Crippen LogP contribution in [0.15, 0.2) is 11.6 Å². The van der Waals surface area contributed by atoms with Crippen LogP contribution in [0.2, 0.25) is 13.1 Å². The third-order valence-corrected chi connectivity index (χ3v) is 11.2. The Hall–Kier alpha value is -0.413. The van der Waals surface area contributed by atoms with E-state index in [0.717, 1.165) is 35.7 Å². The summed E-state index contributed by atoms with van der Waals surface area (Å²) in [6, 6.07) is 0. The number of hydrogen-bond acceptors (Lipinski definition) is 2. The van der Waals surface area contributed by atoms with E-state index in [2.05, 4.69) is 53.8 Å². The molecule has 7 atom stereocenters. The third-order valence-electron chi connectivity index (χ3n) is 10.3. The molecule has 0 saturated heterocycles. The van der Waals surface area contributed by atoms with Gasteiger partial charge in [0.15, 0.2) is 14.8 Å². The second kappa shape index (κ2) is 7.87. The van der Waals surface area contributed by atoms with Crippen molar-refractivity contribution in [2.75, 3.05) is 6.61 Å². The number of fused-ring (bicyclic) bond motifs is 5. The minimum absolute atomic E-state index is 0.103. The summed E-state index contributed by atoms with van der Waals surface area (Å²) in [6.45, 7) is 17.5. The number of carbonyl (C=O) groups is 1. The zero-order valence-corrected chi connectivity index (χ0v) is 21.9. The highest BCUT2D eigenvalue weighted by Gasteiger charge is 2.61. The van der Waals surface area contributed by atoms with Crippen LogP contribution >= 0.6 is 0 Å². The molecule has 0 heterocycles. The lowest BCUT2D eigenvalue weighted by Gasteiger charge is -2.61. The van der Waals surface area contributed by atoms with Crippen LogP contribution in [0, 0.1) is 45.8 Å². The second-order valence-electron chi connectivity index (χ2n) is 13.1. The van der Waals surface area contributed by atoms with E-state index in [0.29, 0.717) is 29.1 Å². The number of carbonyl (C=O) groups excluding carboxylic acids is 1. The van der Waals surface area contributed by atoms with Gasteiger partial charge in [-0.25, -0.2) is 0 Å². The van der Waals surface area contributed by atoms with Crippen molar-refractivity contribution in [3.63, 3.8) is 0 Å². The molecule has 0 aromatic heterocycles. The Morgan fingerprint density at radius 2 is 1.80 bits per heavy atom. The Morgan fingerprint density at radius 3 is 2.47 bits per heavy atom. The van der Waals surface area contributed by atoms with Gasteiger partial charge in [0.05, 0.1) is 6.61 Å². The zero-order valence-electron chi connectivity index (χ0n) is 20.7. The molecule has 2 unspecified atom stereocenters. The van der Waals surface area contributed by atoms with Gasteiger partial charge in [-0.15, -0.1) is 0 Å². The maximum absolute atomic E-state index is 13.1. The van der Waals surface area contributed by atoms with Crippen LogP contribution in [0.4, 0.5) is 0 Å². The van der Waals surface area contributed by atoms with Crippen LogP contribution in [-0.4, -0.2) is 21.4 Å². The van der Waals surface area contributed by atoms with Crippen molar-refractivity contribution in [2.24, 2.45) is 45.8 Å². The highest BCUT2D eigenvalue weighted by atomic mass is 28.3. The molecule has 4 aliphatic carbocycles. The SMILES string of the molecule is C[SiH](C)OCC=C1C(=O)C[C@H]2[C@@H]3CCC4CC(C(C)(C)C)CC[C@]4(C)[C@H]3CC[C@]12C. The van der Waals surface area contributed by atoms with Crippen molar-refractivity contribution in [1.29, 1.82) is 0 Å². The van der Waals surface area contributed by atoms with Crippen LogP contribution in [-0.2, 0) is 9.22 Å². The Bertz CT molecular complexity index is 704. The molecule has 4 fully saturated rings. The molecule has 0 aromatic rings. The lowest BCUT2D eigenvalue weighted by atomic mass is 9.44. The predicted octanol–water partition coefficient (Wildman–Crippen LogP) is 6.80. The van der Waals surface area contributed by atoms with Crippen LogP contribution in [0.5, 0.6) is 0 Å². The molecule has 30 heavy (non-hydrogen) atoms. The molecular formula is C27H46O2Si. The average molecular weight is 431 g/mol. The monoisotopic (exact) mass is 430 g/mol. The quantitative estimate of drug-likeness (QED) is 0.363. The van der Waals surface area contributed by atoms with Crippen molar-refractivity contribution in [2.45, 2.75) is 99.1 Å². The fraction of sp³-hybridized carbons (Fsp3) is 0.889. The van der Waals surface area contributed by atoms with Gasteiger partial charge in [-0.2, -0.15) is 0 Å². The van der Waals surface area contributed by atoms with Crippen molar-refractivity contribution in [3.8, 4) is 0 Å². The molecule has 0 bridgehead atoms. The summed E-state index contributed by atoms with van der Waals surface area (Å²) in [6.07, 6.45) is 12.5. The summed E-state index contributed by atoms with van der Waals surface area (Å²) in [5.74, 6) is 4.38. The van der Waals surface area contributed by atoms with Gasteiger partial charge in [-0.1, -0.05) is 40.7 Å². The number of rotatable bonds is 3. The van der Waals surface area contributed by atoms with Crippen LogP contribution in [0.3, 0.4) is 0 Å². The fourth-order valence-corrected chi connectivity index (χ4v) is 8.86. The molecule has 4 rings (SSSR count). The lowest BCUT2D eigenvalue weighted by Crippen LogP contribution is -2.53. The largest absolute Gasteiger partial charge is 0.417 e. The minimum Gasteiger partial charge on any atom is -0.417 e. The number of allylic oxidation sites excluding steroid dienone is 1. The highest BCUT2D eigenvalue weighted by Crippen LogP contribution is 2.67. The maximum Gasteiger partial charge on any atom is 0.171 e. The first-order valence-electron chi connectivity index (χ1n) is 12.8. The number of hydrogen-bond donors (Lipinski definition) is 0. The molecule has 0 spiro atoms. The maximum atomic E-state index is 13.1. The van der Waals surface area contributed by atoms with Gasteiger partial charge < -0.3 is 4.43 Å². The van der Waals surface area contributed by atoms with Crippen molar-refractivity contribution in [1.82, 2.24) is 0 Å².